The first-order valence-electron chi connectivity index (χ1n) is 7.37. The lowest BCUT2D eigenvalue weighted by molar-refractivity contribution is 0.243. The number of H-pyrrole nitrogens is 1. The third-order valence-corrected chi connectivity index (χ3v) is 4.53. The van der Waals surface area contributed by atoms with Crippen LogP contribution in [0.2, 0.25) is 0 Å². The molecule has 5 heteroatoms. The Balaban J connectivity index is 1.95. The second kappa shape index (κ2) is 5.05. The number of piperidine rings is 1. The number of anilines is 1. The van der Waals surface area contributed by atoms with Gasteiger partial charge in [0.25, 0.3) is 0 Å². The fourth-order valence-corrected chi connectivity index (χ4v) is 3.00. The first kappa shape index (κ1) is 13.4. The van der Waals surface area contributed by atoms with Gasteiger partial charge in [-0.15, -0.1) is 0 Å². The fourth-order valence-electron chi connectivity index (χ4n) is 3.00. The molecule has 1 aliphatic rings. The highest BCUT2D eigenvalue weighted by atomic mass is 15.1. The fraction of sp³-hybridized carbons (Fsp3) is 0.600. The molecule has 3 rings (SSSR count). The van der Waals surface area contributed by atoms with Crippen molar-refractivity contribution in [3.05, 3.63) is 18.0 Å². The molecule has 0 saturated carbocycles. The minimum Gasteiger partial charge on any atom is -0.373 e. The molecule has 108 valence electrons. The number of rotatable bonds is 3. The van der Waals surface area contributed by atoms with Crippen LogP contribution < -0.4 is 10.6 Å². The van der Waals surface area contributed by atoms with Gasteiger partial charge in [-0.2, -0.15) is 0 Å². The Morgan fingerprint density at radius 2 is 2.15 bits per heavy atom. The SMILES string of the molecule is CNc1ccc2[nH]c(C(C)(C)C3CCCNC3)nc2n1. The summed E-state index contributed by atoms with van der Waals surface area (Å²) in [4.78, 5) is 12.7. The number of imidazole rings is 1. The standard InChI is InChI=1S/C15H23N5/c1-15(2,10-5-4-8-17-9-10)14-18-11-6-7-12(16-3)19-13(11)20-14/h6-7,10,17H,4-5,8-9H2,1-3H3,(H2,16,18,19,20). The highest BCUT2D eigenvalue weighted by molar-refractivity contribution is 5.73. The summed E-state index contributed by atoms with van der Waals surface area (Å²) in [5.74, 6) is 2.51. The predicted octanol–water partition coefficient (Wildman–Crippen LogP) is 2.28. The topological polar surface area (TPSA) is 65.6 Å². The summed E-state index contributed by atoms with van der Waals surface area (Å²) in [6, 6.07) is 4.01. The van der Waals surface area contributed by atoms with E-state index in [2.05, 4.69) is 34.4 Å². The van der Waals surface area contributed by atoms with Crippen LogP contribution in [-0.2, 0) is 5.41 Å². The molecule has 2 aromatic rings. The monoisotopic (exact) mass is 273 g/mol. The average Bonchev–Trinajstić information content (AvgIpc) is 2.91. The van der Waals surface area contributed by atoms with E-state index in [0.29, 0.717) is 5.92 Å². The van der Waals surface area contributed by atoms with Gasteiger partial charge in [0, 0.05) is 12.5 Å². The summed E-state index contributed by atoms with van der Waals surface area (Å²) in [6.45, 7) is 6.77. The number of hydrogen-bond donors (Lipinski definition) is 3. The lowest BCUT2D eigenvalue weighted by Gasteiger charge is -2.35. The lowest BCUT2D eigenvalue weighted by atomic mass is 9.74. The quantitative estimate of drug-likeness (QED) is 0.802. The van der Waals surface area contributed by atoms with E-state index in [4.69, 9.17) is 4.98 Å². The third kappa shape index (κ3) is 2.26. The molecule has 2 aromatic heterocycles. The molecular weight excluding hydrogens is 250 g/mol. The summed E-state index contributed by atoms with van der Waals surface area (Å²) < 4.78 is 0. The molecule has 1 atom stereocenters. The summed E-state index contributed by atoms with van der Waals surface area (Å²) in [7, 11) is 1.87. The molecule has 3 heterocycles. The van der Waals surface area contributed by atoms with Crippen molar-refractivity contribution in [2.45, 2.75) is 32.1 Å². The number of pyridine rings is 1. The number of aromatic nitrogens is 3. The van der Waals surface area contributed by atoms with Crippen molar-refractivity contribution in [1.29, 1.82) is 0 Å². The zero-order valence-corrected chi connectivity index (χ0v) is 12.5. The molecule has 20 heavy (non-hydrogen) atoms. The largest absolute Gasteiger partial charge is 0.373 e. The number of nitrogens with zero attached hydrogens (tertiary/aromatic N) is 2. The van der Waals surface area contributed by atoms with E-state index in [-0.39, 0.29) is 5.41 Å². The van der Waals surface area contributed by atoms with Crippen molar-refractivity contribution in [1.82, 2.24) is 20.3 Å². The van der Waals surface area contributed by atoms with Crippen LogP contribution in [0, 0.1) is 5.92 Å². The number of fused-ring (bicyclic) bond motifs is 1. The van der Waals surface area contributed by atoms with E-state index in [1.54, 1.807) is 0 Å². The Kier molecular flexibility index (Phi) is 3.38. The van der Waals surface area contributed by atoms with Crippen molar-refractivity contribution in [2.75, 3.05) is 25.5 Å². The second-order valence-electron chi connectivity index (χ2n) is 6.17. The molecule has 5 nitrogen and oxygen atoms in total. The highest BCUT2D eigenvalue weighted by Gasteiger charge is 2.34. The van der Waals surface area contributed by atoms with Gasteiger partial charge >= 0.3 is 0 Å². The molecule has 0 amide bonds. The van der Waals surface area contributed by atoms with E-state index in [1.807, 2.05) is 19.2 Å². The molecule has 1 aliphatic heterocycles. The molecule has 1 unspecified atom stereocenters. The lowest BCUT2D eigenvalue weighted by Crippen LogP contribution is -2.41. The Bertz CT molecular complexity index is 595. The summed E-state index contributed by atoms with van der Waals surface area (Å²) in [5.41, 5.74) is 1.84. The van der Waals surface area contributed by atoms with Gasteiger partial charge in [0.1, 0.15) is 11.6 Å². The maximum absolute atomic E-state index is 4.73. The van der Waals surface area contributed by atoms with Crippen LogP contribution in [0.25, 0.3) is 11.2 Å². The van der Waals surface area contributed by atoms with Crippen LogP contribution in [0.15, 0.2) is 12.1 Å². The van der Waals surface area contributed by atoms with Gasteiger partial charge in [-0.05, 0) is 44.0 Å². The van der Waals surface area contributed by atoms with Crippen LogP contribution in [-0.4, -0.2) is 35.1 Å². The molecule has 1 saturated heterocycles. The van der Waals surface area contributed by atoms with Crippen LogP contribution in [0.4, 0.5) is 5.82 Å². The Hall–Kier alpha value is -1.62. The van der Waals surface area contributed by atoms with Crippen LogP contribution in [0.1, 0.15) is 32.5 Å². The van der Waals surface area contributed by atoms with Crippen LogP contribution >= 0.6 is 0 Å². The molecule has 0 aliphatic carbocycles. The van der Waals surface area contributed by atoms with Crippen LogP contribution in [0.5, 0.6) is 0 Å². The number of aromatic amines is 1. The van der Waals surface area contributed by atoms with Gasteiger partial charge in [-0.3, -0.25) is 0 Å². The number of nitrogens with one attached hydrogen (secondary N) is 3. The maximum Gasteiger partial charge on any atom is 0.179 e. The van der Waals surface area contributed by atoms with Gasteiger partial charge in [0.2, 0.25) is 0 Å². The Morgan fingerprint density at radius 3 is 2.85 bits per heavy atom. The van der Waals surface area contributed by atoms with E-state index >= 15 is 0 Å². The molecule has 3 N–H and O–H groups in total. The maximum atomic E-state index is 4.73. The predicted molar refractivity (Wildman–Crippen MR) is 82.1 cm³/mol. The summed E-state index contributed by atoms with van der Waals surface area (Å²) in [6.07, 6.45) is 2.50. The molecular formula is C15H23N5. The van der Waals surface area contributed by atoms with Gasteiger partial charge in [-0.1, -0.05) is 13.8 Å². The summed E-state index contributed by atoms with van der Waals surface area (Å²) >= 11 is 0. The zero-order valence-electron chi connectivity index (χ0n) is 12.5. The van der Waals surface area contributed by atoms with E-state index in [9.17, 15) is 0 Å². The molecule has 0 aromatic carbocycles. The van der Waals surface area contributed by atoms with Crippen molar-refractivity contribution >= 4 is 17.0 Å². The van der Waals surface area contributed by atoms with Gasteiger partial charge in [-0.25, -0.2) is 9.97 Å². The first-order chi connectivity index (χ1) is 9.61. The van der Waals surface area contributed by atoms with Crippen molar-refractivity contribution in [2.24, 2.45) is 5.92 Å². The molecule has 0 radical (unpaired) electrons. The van der Waals surface area contributed by atoms with Gasteiger partial charge < -0.3 is 15.6 Å². The molecule has 0 bridgehead atoms. The highest BCUT2D eigenvalue weighted by Crippen LogP contribution is 2.34. The first-order valence-corrected chi connectivity index (χ1v) is 7.37. The minimum absolute atomic E-state index is 0.0356. The van der Waals surface area contributed by atoms with Crippen LogP contribution in [0.3, 0.4) is 0 Å². The van der Waals surface area contributed by atoms with E-state index in [0.717, 1.165) is 35.9 Å². The normalized spacial score (nSPS) is 20.2. The molecule has 0 spiro atoms. The van der Waals surface area contributed by atoms with Gasteiger partial charge in [0.15, 0.2) is 5.65 Å². The zero-order chi connectivity index (χ0) is 14.2. The Labute approximate surface area is 119 Å². The van der Waals surface area contributed by atoms with Crippen molar-refractivity contribution in [3.8, 4) is 0 Å². The summed E-state index contributed by atoms with van der Waals surface area (Å²) in [5, 5.41) is 6.55. The second-order valence-corrected chi connectivity index (χ2v) is 6.17. The smallest absolute Gasteiger partial charge is 0.179 e. The number of hydrogen-bond acceptors (Lipinski definition) is 4. The van der Waals surface area contributed by atoms with Gasteiger partial charge in [0.05, 0.1) is 5.52 Å². The minimum atomic E-state index is 0.0356. The van der Waals surface area contributed by atoms with E-state index in [1.165, 1.54) is 12.8 Å². The molecule has 1 fully saturated rings. The van der Waals surface area contributed by atoms with Crippen molar-refractivity contribution in [3.63, 3.8) is 0 Å². The Morgan fingerprint density at radius 1 is 1.30 bits per heavy atom. The third-order valence-electron chi connectivity index (χ3n) is 4.53. The van der Waals surface area contributed by atoms with Crippen molar-refractivity contribution < 1.29 is 0 Å². The van der Waals surface area contributed by atoms with E-state index < -0.39 is 0 Å². The average molecular weight is 273 g/mol.